The lowest BCUT2D eigenvalue weighted by molar-refractivity contribution is 0.381. The Labute approximate surface area is 390 Å². The smallest absolute Gasteiger partial charge is 0.200 e. The van der Waals surface area contributed by atoms with Crippen LogP contribution in [0.5, 0.6) is 0 Å². The van der Waals surface area contributed by atoms with E-state index in [1.165, 1.54) is 12.1 Å². The normalized spacial score (nSPS) is 11.5. The number of nitriles is 1. The summed E-state index contributed by atoms with van der Waals surface area (Å²) >= 11 is 0. The van der Waals surface area contributed by atoms with E-state index in [1.54, 1.807) is 27.5 Å². The van der Waals surface area contributed by atoms with E-state index in [4.69, 9.17) is 9.97 Å². The molecule has 0 aliphatic heterocycles. The molecule has 0 saturated carbocycles. The molecule has 69 heavy (non-hydrogen) atoms. The minimum atomic E-state index is -2.28. The van der Waals surface area contributed by atoms with E-state index in [0.29, 0.717) is 27.8 Å². The molecule has 0 N–H and O–H groups in total. The molecule has 0 radical (unpaired) electrons. The van der Waals surface area contributed by atoms with Crippen molar-refractivity contribution in [1.82, 2.24) is 19.1 Å². The molecule has 0 bridgehead atoms. The molecule has 0 amide bonds. The summed E-state index contributed by atoms with van der Waals surface area (Å²) in [5, 5.41) is 14.1. The van der Waals surface area contributed by atoms with Crippen molar-refractivity contribution in [2.24, 2.45) is 0 Å². The van der Waals surface area contributed by atoms with E-state index in [2.05, 4.69) is 6.07 Å². The van der Waals surface area contributed by atoms with E-state index in [1.807, 2.05) is 164 Å². The van der Waals surface area contributed by atoms with Crippen LogP contribution in [0.25, 0.3) is 111 Å². The number of fused-ring (bicyclic) bond motifs is 6. The highest BCUT2D eigenvalue weighted by atomic mass is 19.2. The van der Waals surface area contributed by atoms with Crippen molar-refractivity contribution in [2.75, 3.05) is 0 Å². The van der Waals surface area contributed by atoms with Gasteiger partial charge in [0.15, 0.2) is 23.3 Å². The Bertz CT molecular complexity index is 4070. The van der Waals surface area contributed by atoms with Gasteiger partial charge in [-0.2, -0.15) is 5.26 Å². The first-order valence-corrected chi connectivity index (χ1v) is 22.0. The quantitative estimate of drug-likeness (QED) is 0.0909. The molecule has 0 spiro atoms. The average molecular weight is 906 g/mol. The van der Waals surface area contributed by atoms with Crippen molar-refractivity contribution in [3.05, 3.63) is 229 Å². The summed E-state index contributed by atoms with van der Waals surface area (Å²) in [7, 11) is 0. The number of rotatable bonds is 7. The molecule has 5 nitrogen and oxygen atoms in total. The first-order chi connectivity index (χ1) is 33.8. The van der Waals surface area contributed by atoms with Crippen LogP contribution < -0.4 is 0 Å². The maximum Gasteiger partial charge on any atom is 0.200 e. The van der Waals surface area contributed by atoms with Gasteiger partial charge >= 0.3 is 0 Å². The molecule has 0 aliphatic rings. The summed E-state index contributed by atoms with van der Waals surface area (Å²) in [6.07, 6.45) is 1.75. The third-order valence-electron chi connectivity index (χ3n) is 12.8. The molecule has 0 fully saturated rings. The minimum absolute atomic E-state index is 0.0223. The second-order valence-corrected chi connectivity index (χ2v) is 16.7. The molecule has 4 aromatic heterocycles. The lowest BCUT2D eigenvalue weighted by atomic mass is 9.97. The molecule has 0 unspecified atom stereocenters. The Balaban J connectivity index is 1.10. The fourth-order valence-corrected chi connectivity index (χ4v) is 9.63. The number of benzene rings is 8. The Morgan fingerprint density at radius 1 is 0.377 bits per heavy atom. The van der Waals surface area contributed by atoms with Crippen molar-refractivity contribution in [1.29, 1.82) is 5.26 Å². The number of hydrogen-bond acceptors (Lipinski definition) is 3. The summed E-state index contributed by atoms with van der Waals surface area (Å²) in [6.45, 7) is 0. The molecule has 12 aromatic rings. The van der Waals surface area contributed by atoms with Crippen LogP contribution in [-0.2, 0) is 0 Å². The second kappa shape index (κ2) is 16.3. The number of hydrogen-bond donors (Lipinski definition) is 0. The van der Waals surface area contributed by atoms with Gasteiger partial charge in [0.1, 0.15) is 6.07 Å². The molecular weight excluding hydrogens is 874 g/mol. The third kappa shape index (κ3) is 6.66. The van der Waals surface area contributed by atoms with Gasteiger partial charge in [0.25, 0.3) is 0 Å². The van der Waals surface area contributed by atoms with Crippen LogP contribution >= 0.6 is 0 Å². The number of pyridine rings is 2. The topological polar surface area (TPSA) is 59.4 Å². The summed E-state index contributed by atoms with van der Waals surface area (Å²) in [4.78, 5) is 9.66. The van der Waals surface area contributed by atoms with Crippen LogP contribution in [0, 0.1) is 40.4 Å². The minimum Gasteiger partial charge on any atom is -0.309 e. The predicted molar refractivity (Wildman–Crippen MR) is 262 cm³/mol. The van der Waals surface area contributed by atoms with E-state index >= 15 is 17.6 Å². The van der Waals surface area contributed by atoms with Gasteiger partial charge in [-0.3, -0.25) is 4.98 Å². The molecule has 8 aromatic carbocycles. The summed E-state index contributed by atoms with van der Waals surface area (Å²) in [5.74, 6) is -10.5. The SMILES string of the molecule is N#Cc1cc(-n2c3ccccc3c3cc(-c4cccc(-c5ccccc5)n4)ccc32)c(-c2c(F)c(F)c(F)c(F)c2F)cc1-n1c2ccccc2c2cc(-c3cc(-c4ccccc4)ccn3)ccc21. The van der Waals surface area contributed by atoms with Crippen molar-refractivity contribution in [2.45, 2.75) is 0 Å². The number of para-hydroxylation sites is 2. The maximum absolute atomic E-state index is 16.4. The zero-order valence-electron chi connectivity index (χ0n) is 36.1. The summed E-state index contributed by atoms with van der Waals surface area (Å²) in [5.41, 5.74) is 7.93. The molecule has 0 atom stereocenters. The lowest BCUT2D eigenvalue weighted by Crippen LogP contribution is -2.08. The zero-order chi connectivity index (χ0) is 46.9. The van der Waals surface area contributed by atoms with E-state index in [9.17, 15) is 9.65 Å². The van der Waals surface area contributed by atoms with Crippen LogP contribution in [-0.4, -0.2) is 19.1 Å². The van der Waals surface area contributed by atoms with Gasteiger partial charge in [-0.25, -0.2) is 26.9 Å². The Morgan fingerprint density at radius 3 is 1.49 bits per heavy atom. The van der Waals surface area contributed by atoms with Crippen molar-refractivity contribution in [3.63, 3.8) is 0 Å². The van der Waals surface area contributed by atoms with Gasteiger partial charge in [0.2, 0.25) is 5.82 Å². The molecule has 4 heterocycles. The van der Waals surface area contributed by atoms with Crippen LogP contribution in [0.3, 0.4) is 0 Å². The number of halogens is 5. The van der Waals surface area contributed by atoms with Gasteiger partial charge in [-0.15, -0.1) is 0 Å². The number of aromatic nitrogens is 4. The highest BCUT2D eigenvalue weighted by Gasteiger charge is 2.31. The Hall–Kier alpha value is -9.20. The first-order valence-electron chi connectivity index (χ1n) is 22.0. The standard InChI is InChI=1S/C59H32F5N5/c60-55-54(56(61)58(63)59(64)57(55)62)44-32-52(68-48-20-9-7-16-40(48)43-29-38(23-25-50(43)68)47-30-36(26-27-66-47)34-12-3-1-4-13-34)39(33-65)31-53(44)69-49-21-10-8-17-41(49)42-28-37(22-24-51(42)69)46-19-11-18-45(67-46)35-14-5-2-6-15-35/h1-32H. The highest BCUT2D eigenvalue weighted by molar-refractivity contribution is 6.12. The van der Waals surface area contributed by atoms with Gasteiger partial charge < -0.3 is 9.13 Å². The molecule has 12 rings (SSSR count). The van der Waals surface area contributed by atoms with Gasteiger partial charge in [-0.1, -0.05) is 115 Å². The Morgan fingerprint density at radius 2 is 0.884 bits per heavy atom. The fourth-order valence-electron chi connectivity index (χ4n) is 9.63. The second-order valence-electron chi connectivity index (χ2n) is 16.7. The molecular formula is C59H32F5N5. The summed E-state index contributed by atoms with van der Waals surface area (Å²) < 4.78 is 82.0. The summed E-state index contributed by atoms with van der Waals surface area (Å²) in [6, 6.07) is 60.8. The predicted octanol–water partition coefficient (Wildman–Crippen LogP) is 15.6. The van der Waals surface area contributed by atoms with Crippen LogP contribution in [0.1, 0.15) is 5.56 Å². The van der Waals surface area contributed by atoms with Crippen LogP contribution in [0.4, 0.5) is 22.0 Å². The molecule has 0 aliphatic carbocycles. The van der Waals surface area contributed by atoms with Gasteiger partial charge in [0, 0.05) is 50.0 Å². The van der Waals surface area contributed by atoms with Crippen LogP contribution in [0.15, 0.2) is 194 Å². The molecule has 10 heteroatoms. The van der Waals surface area contributed by atoms with Crippen LogP contribution in [0.2, 0.25) is 0 Å². The fraction of sp³-hybridized carbons (Fsp3) is 0. The van der Waals surface area contributed by atoms with E-state index < -0.39 is 34.6 Å². The third-order valence-corrected chi connectivity index (χ3v) is 12.8. The number of nitrogens with zero attached hydrogens (tertiary/aromatic N) is 5. The van der Waals surface area contributed by atoms with E-state index in [0.717, 1.165) is 60.8 Å². The van der Waals surface area contributed by atoms with Crippen molar-refractivity contribution < 1.29 is 22.0 Å². The van der Waals surface area contributed by atoms with Gasteiger partial charge in [0.05, 0.1) is 61.7 Å². The average Bonchev–Trinajstić information content (AvgIpc) is 3.92. The van der Waals surface area contributed by atoms with Crippen molar-refractivity contribution >= 4 is 43.6 Å². The molecule has 328 valence electrons. The largest absolute Gasteiger partial charge is 0.309 e. The Kier molecular flexibility index (Phi) is 9.74. The van der Waals surface area contributed by atoms with E-state index in [-0.39, 0.29) is 22.5 Å². The van der Waals surface area contributed by atoms with Gasteiger partial charge in [-0.05, 0) is 83.9 Å². The maximum atomic E-state index is 16.4. The highest BCUT2D eigenvalue weighted by Crippen LogP contribution is 2.44. The zero-order valence-corrected chi connectivity index (χ0v) is 36.1. The lowest BCUT2D eigenvalue weighted by Gasteiger charge is -2.20. The first kappa shape index (κ1) is 41.2. The monoisotopic (exact) mass is 905 g/mol. The molecule has 0 saturated heterocycles. The van der Waals surface area contributed by atoms with Crippen molar-refractivity contribution in [3.8, 4) is 73.5 Å².